The number of benzene rings is 1. The molecular formula is C21H20N4O3S2. The standard InChI is InChI=1S/C21H20N4O3S2/c1-12-5-3-4-6-14(12)19(27)24-21-23-15-9-13(10-16(26)18(15)30-21)20(28)25(2)11-17-22-7-8-29-17/h3-8,13H,9-11H2,1-2H3,(H,23,24,27)/t13-/m0/s1. The first-order valence-corrected chi connectivity index (χ1v) is 11.1. The predicted octanol–water partition coefficient (Wildman–Crippen LogP) is 3.56. The molecule has 1 aromatic carbocycles. The van der Waals surface area contributed by atoms with Crippen molar-refractivity contribution in [2.24, 2.45) is 5.92 Å². The average Bonchev–Trinajstić information content (AvgIpc) is 3.37. The van der Waals surface area contributed by atoms with Crippen molar-refractivity contribution in [2.45, 2.75) is 26.3 Å². The monoisotopic (exact) mass is 440 g/mol. The Morgan fingerprint density at radius 3 is 2.80 bits per heavy atom. The Labute approximate surface area is 181 Å². The Balaban J connectivity index is 1.47. The molecule has 0 aliphatic heterocycles. The SMILES string of the molecule is Cc1ccccc1C(=O)Nc1nc2c(s1)C(=O)C[C@@H](C(=O)N(C)Cc1nccs1)C2. The summed E-state index contributed by atoms with van der Waals surface area (Å²) < 4.78 is 0. The molecule has 4 rings (SSSR count). The maximum absolute atomic E-state index is 12.8. The molecule has 1 aliphatic rings. The summed E-state index contributed by atoms with van der Waals surface area (Å²) in [6.45, 7) is 2.28. The molecule has 2 aromatic heterocycles. The van der Waals surface area contributed by atoms with Crippen LogP contribution in [0.1, 0.15) is 42.7 Å². The molecule has 30 heavy (non-hydrogen) atoms. The zero-order chi connectivity index (χ0) is 21.3. The van der Waals surface area contributed by atoms with Gasteiger partial charge in [0.15, 0.2) is 10.9 Å². The van der Waals surface area contributed by atoms with Crippen molar-refractivity contribution in [1.29, 1.82) is 0 Å². The van der Waals surface area contributed by atoms with E-state index in [2.05, 4.69) is 15.3 Å². The molecule has 1 aliphatic carbocycles. The van der Waals surface area contributed by atoms with Gasteiger partial charge >= 0.3 is 0 Å². The molecule has 3 aromatic rings. The van der Waals surface area contributed by atoms with Gasteiger partial charge in [-0.2, -0.15) is 0 Å². The number of rotatable bonds is 5. The number of fused-ring (bicyclic) bond motifs is 1. The van der Waals surface area contributed by atoms with Crippen molar-refractivity contribution >= 4 is 45.4 Å². The van der Waals surface area contributed by atoms with Crippen LogP contribution in [0.5, 0.6) is 0 Å². The Morgan fingerprint density at radius 1 is 1.27 bits per heavy atom. The lowest BCUT2D eigenvalue weighted by atomic mass is 9.89. The summed E-state index contributed by atoms with van der Waals surface area (Å²) in [7, 11) is 1.72. The number of hydrogen-bond donors (Lipinski definition) is 1. The van der Waals surface area contributed by atoms with Gasteiger partial charge in [-0.15, -0.1) is 11.3 Å². The van der Waals surface area contributed by atoms with Crippen LogP contribution in [0.15, 0.2) is 35.8 Å². The normalized spacial score (nSPS) is 15.5. The summed E-state index contributed by atoms with van der Waals surface area (Å²) in [6, 6.07) is 7.28. The van der Waals surface area contributed by atoms with Crippen molar-refractivity contribution in [2.75, 3.05) is 12.4 Å². The largest absolute Gasteiger partial charge is 0.339 e. The lowest BCUT2D eigenvalue weighted by Gasteiger charge is -2.24. The van der Waals surface area contributed by atoms with E-state index in [1.807, 2.05) is 24.4 Å². The molecular weight excluding hydrogens is 420 g/mol. The molecule has 9 heteroatoms. The van der Waals surface area contributed by atoms with Crippen LogP contribution in [0.3, 0.4) is 0 Å². The topological polar surface area (TPSA) is 92.3 Å². The van der Waals surface area contributed by atoms with Crippen molar-refractivity contribution < 1.29 is 14.4 Å². The number of carbonyl (C=O) groups is 3. The van der Waals surface area contributed by atoms with Gasteiger partial charge < -0.3 is 4.90 Å². The van der Waals surface area contributed by atoms with Crippen LogP contribution in [0.2, 0.25) is 0 Å². The van der Waals surface area contributed by atoms with E-state index in [-0.39, 0.29) is 24.0 Å². The maximum atomic E-state index is 12.8. The van der Waals surface area contributed by atoms with Crippen LogP contribution < -0.4 is 5.32 Å². The fraction of sp³-hybridized carbons (Fsp3) is 0.286. The zero-order valence-electron chi connectivity index (χ0n) is 16.5. The molecule has 0 fully saturated rings. The molecule has 1 N–H and O–H groups in total. The minimum atomic E-state index is -0.447. The van der Waals surface area contributed by atoms with E-state index in [4.69, 9.17) is 0 Å². The Kier molecular flexibility index (Phi) is 5.74. The number of nitrogens with zero attached hydrogens (tertiary/aromatic N) is 3. The Hall–Kier alpha value is -2.91. The van der Waals surface area contributed by atoms with E-state index in [0.29, 0.717) is 34.2 Å². The van der Waals surface area contributed by atoms with Crippen molar-refractivity contribution in [3.8, 4) is 0 Å². The number of ketones is 1. The quantitative estimate of drug-likeness (QED) is 0.655. The third kappa shape index (κ3) is 4.17. The van der Waals surface area contributed by atoms with Crippen molar-refractivity contribution in [3.63, 3.8) is 0 Å². The van der Waals surface area contributed by atoms with E-state index < -0.39 is 5.92 Å². The average molecular weight is 441 g/mol. The first-order chi connectivity index (χ1) is 14.4. The number of thiazole rings is 2. The Morgan fingerprint density at radius 2 is 2.07 bits per heavy atom. The number of hydrogen-bond acceptors (Lipinski definition) is 7. The van der Waals surface area contributed by atoms with Gasteiger partial charge in [0, 0.05) is 37.0 Å². The molecule has 2 amide bonds. The second-order valence-electron chi connectivity index (χ2n) is 7.21. The summed E-state index contributed by atoms with van der Waals surface area (Å²) in [5.74, 6) is -0.909. The molecule has 1 atom stereocenters. The van der Waals surface area contributed by atoms with E-state index in [0.717, 1.165) is 10.6 Å². The predicted molar refractivity (Wildman–Crippen MR) is 116 cm³/mol. The smallest absolute Gasteiger partial charge is 0.257 e. The summed E-state index contributed by atoms with van der Waals surface area (Å²) in [6.07, 6.45) is 2.25. The van der Waals surface area contributed by atoms with Gasteiger partial charge in [0.05, 0.1) is 23.0 Å². The lowest BCUT2D eigenvalue weighted by molar-refractivity contribution is -0.134. The molecule has 2 heterocycles. The van der Waals surface area contributed by atoms with Gasteiger partial charge in [-0.1, -0.05) is 29.5 Å². The summed E-state index contributed by atoms with van der Waals surface area (Å²) in [4.78, 5) is 48.8. The van der Waals surface area contributed by atoms with Gasteiger partial charge in [0.1, 0.15) is 5.01 Å². The molecule has 0 unspecified atom stereocenters. The number of nitrogens with one attached hydrogen (secondary N) is 1. The van der Waals surface area contributed by atoms with E-state index in [1.54, 1.807) is 30.3 Å². The molecule has 0 bridgehead atoms. The second kappa shape index (κ2) is 8.45. The van der Waals surface area contributed by atoms with Gasteiger partial charge in [-0.05, 0) is 18.6 Å². The highest BCUT2D eigenvalue weighted by Gasteiger charge is 2.34. The fourth-order valence-electron chi connectivity index (χ4n) is 3.47. The number of anilines is 1. The highest BCUT2D eigenvalue weighted by Crippen LogP contribution is 2.33. The van der Waals surface area contributed by atoms with E-state index in [9.17, 15) is 14.4 Å². The summed E-state index contributed by atoms with van der Waals surface area (Å²) >= 11 is 2.66. The molecule has 7 nitrogen and oxygen atoms in total. The van der Waals surface area contributed by atoms with Gasteiger partial charge in [0.25, 0.3) is 5.91 Å². The highest BCUT2D eigenvalue weighted by atomic mass is 32.1. The van der Waals surface area contributed by atoms with Crippen molar-refractivity contribution in [1.82, 2.24) is 14.9 Å². The van der Waals surface area contributed by atoms with Crippen LogP contribution in [-0.4, -0.2) is 39.5 Å². The van der Waals surface area contributed by atoms with Gasteiger partial charge in [0.2, 0.25) is 5.91 Å². The third-order valence-corrected chi connectivity index (χ3v) is 6.83. The third-order valence-electron chi connectivity index (χ3n) is 5.01. The number of amides is 2. The first kappa shape index (κ1) is 20.4. The molecule has 154 valence electrons. The number of aryl methyl sites for hydroxylation is 1. The molecule has 0 radical (unpaired) electrons. The number of carbonyl (C=O) groups excluding carboxylic acids is 3. The summed E-state index contributed by atoms with van der Waals surface area (Å²) in [5.41, 5.74) is 2.01. The number of aromatic nitrogens is 2. The fourth-order valence-corrected chi connectivity index (χ4v) is 5.08. The van der Waals surface area contributed by atoms with Crippen LogP contribution >= 0.6 is 22.7 Å². The van der Waals surface area contributed by atoms with Crippen LogP contribution in [0.25, 0.3) is 0 Å². The maximum Gasteiger partial charge on any atom is 0.257 e. The van der Waals surface area contributed by atoms with Gasteiger partial charge in [-0.25, -0.2) is 9.97 Å². The summed E-state index contributed by atoms with van der Waals surface area (Å²) in [5, 5.41) is 5.89. The minimum absolute atomic E-state index is 0.0947. The van der Waals surface area contributed by atoms with E-state index >= 15 is 0 Å². The van der Waals surface area contributed by atoms with Crippen LogP contribution in [0.4, 0.5) is 5.13 Å². The highest BCUT2D eigenvalue weighted by molar-refractivity contribution is 7.17. The van der Waals surface area contributed by atoms with E-state index in [1.165, 1.54) is 22.7 Å². The van der Waals surface area contributed by atoms with Crippen LogP contribution in [0, 0.1) is 12.8 Å². The minimum Gasteiger partial charge on any atom is -0.339 e. The van der Waals surface area contributed by atoms with Gasteiger partial charge in [-0.3, -0.25) is 19.7 Å². The van der Waals surface area contributed by atoms with Crippen LogP contribution in [-0.2, 0) is 17.8 Å². The first-order valence-electron chi connectivity index (χ1n) is 9.45. The molecule has 0 spiro atoms. The Bertz CT molecular complexity index is 1110. The molecule has 0 saturated heterocycles. The second-order valence-corrected chi connectivity index (χ2v) is 9.19. The number of Topliss-reactive ketones (excluding diaryl/α,β-unsaturated/α-hetero) is 1. The lowest BCUT2D eigenvalue weighted by Crippen LogP contribution is -2.36. The zero-order valence-corrected chi connectivity index (χ0v) is 18.2. The molecule has 0 saturated carbocycles. The van der Waals surface area contributed by atoms with Crippen molar-refractivity contribution in [3.05, 3.63) is 62.5 Å².